The Balaban J connectivity index is 1.01. The molecule has 262 valence electrons. The van der Waals surface area contributed by atoms with Crippen molar-refractivity contribution in [3.63, 3.8) is 0 Å². The van der Waals surface area contributed by atoms with Crippen LogP contribution in [0.3, 0.4) is 0 Å². The fourth-order valence-corrected chi connectivity index (χ4v) is 7.79. The molecule has 0 aliphatic carbocycles. The number of nitrogens with zero attached hydrogens (tertiary/aromatic N) is 3. The molecule has 0 bridgehead atoms. The number of para-hydroxylation sites is 1. The van der Waals surface area contributed by atoms with Crippen LogP contribution in [0.5, 0.6) is 0 Å². The zero-order valence-electron chi connectivity index (χ0n) is 30.1. The average Bonchev–Trinajstić information content (AvgIpc) is 3.85. The number of hydrogen-bond acceptors (Lipinski definition) is 5. The Kier molecular flexibility index (Phi) is 7.42. The molecule has 0 radical (unpaired) electrons. The number of rotatable bonds is 6. The zero-order valence-corrected chi connectivity index (χ0v) is 30.1. The molecule has 0 unspecified atom stereocenters. The van der Waals surface area contributed by atoms with Gasteiger partial charge in [0.1, 0.15) is 22.3 Å². The standard InChI is InChI=1S/C51H31N3O2/c1-4-12-32(13-5-1)33-20-22-36(23-21-33)50-52-49(35-16-8-3-9-17-35)53-51(54-50)38-24-26-41-43-30-37(25-29-45(43)55-46(41)31-38)40-28-27-39(34-14-6-2-7-15-34)47-42-18-10-11-19-44(42)56-48(40)47/h1-31H. The summed E-state index contributed by atoms with van der Waals surface area (Å²) in [5.74, 6) is 1.80. The number of fused-ring (bicyclic) bond motifs is 6. The number of hydrogen-bond donors (Lipinski definition) is 0. The Morgan fingerprint density at radius 2 is 0.804 bits per heavy atom. The van der Waals surface area contributed by atoms with Crippen LogP contribution in [0, 0.1) is 0 Å². The lowest BCUT2D eigenvalue weighted by Gasteiger charge is -2.09. The van der Waals surface area contributed by atoms with E-state index in [0.717, 1.165) is 93.9 Å². The van der Waals surface area contributed by atoms with Gasteiger partial charge in [0.05, 0.1) is 0 Å². The molecule has 0 aliphatic rings. The van der Waals surface area contributed by atoms with Crippen LogP contribution in [0.1, 0.15) is 0 Å². The number of furan rings is 2. The van der Waals surface area contributed by atoms with Crippen LogP contribution >= 0.6 is 0 Å². The van der Waals surface area contributed by atoms with Gasteiger partial charge in [0.15, 0.2) is 17.5 Å². The van der Waals surface area contributed by atoms with Crippen molar-refractivity contribution < 1.29 is 8.83 Å². The molecule has 8 aromatic carbocycles. The topological polar surface area (TPSA) is 65.0 Å². The fourth-order valence-electron chi connectivity index (χ4n) is 7.79. The summed E-state index contributed by atoms with van der Waals surface area (Å²) in [5.41, 5.74) is 12.7. The first-order valence-corrected chi connectivity index (χ1v) is 18.7. The summed E-state index contributed by atoms with van der Waals surface area (Å²) in [6.07, 6.45) is 0. The quantitative estimate of drug-likeness (QED) is 0.171. The van der Waals surface area contributed by atoms with Gasteiger partial charge in [0.25, 0.3) is 0 Å². The Morgan fingerprint density at radius 1 is 0.286 bits per heavy atom. The van der Waals surface area contributed by atoms with Crippen molar-refractivity contribution in [2.24, 2.45) is 0 Å². The maximum absolute atomic E-state index is 6.61. The van der Waals surface area contributed by atoms with Gasteiger partial charge in [-0.05, 0) is 64.2 Å². The van der Waals surface area contributed by atoms with Crippen molar-refractivity contribution in [1.29, 1.82) is 0 Å². The highest BCUT2D eigenvalue weighted by atomic mass is 16.3. The normalized spacial score (nSPS) is 11.6. The van der Waals surface area contributed by atoms with Crippen LogP contribution in [0.2, 0.25) is 0 Å². The lowest BCUT2D eigenvalue weighted by molar-refractivity contribution is 0.668. The van der Waals surface area contributed by atoms with Crippen LogP contribution < -0.4 is 0 Å². The second kappa shape index (κ2) is 13.0. The Bertz CT molecular complexity index is 3220. The minimum absolute atomic E-state index is 0.579. The highest BCUT2D eigenvalue weighted by Gasteiger charge is 2.19. The van der Waals surface area contributed by atoms with Gasteiger partial charge in [-0.15, -0.1) is 0 Å². The van der Waals surface area contributed by atoms with E-state index in [1.807, 2.05) is 60.7 Å². The summed E-state index contributed by atoms with van der Waals surface area (Å²) in [6.45, 7) is 0. The summed E-state index contributed by atoms with van der Waals surface area (Å²) < 4.78 is 13.1. The van der Waals surface area contributed by atoms with Crippen molar-refractivity contribution in [2.45, 2.75) is 0 Å². The summed E-state index contributed by atoms with van der Waals surface area (Å²) in [5, 5.41) is 4.26. The molecule has 3 heterocycles. The third-order valence-corrected chi connectivity index (χ3v) is 10.6. The molecule has 56 heavy (non-hydrogen) atoms. The van der Waals surface area contributed by atoms with Gasteiger partial charge in [-0.1, -0.05) is 152 Å². The molecule has 3 aromatic heterocycles. The van der Waals surface area contributed by atoms with E-state index in [-0.39, 0.29) is 0 Å². The van der Waals surface area contributed by atoms with Gasteiger partial charge in [0, 0.05) is 43.8 Å². The molecule has 0 aliphatic heterocycles. The van der Waals surface area contributed by atoms with Crippen LogP contribution in [0.25, 0.3) is 111 Å². The van der Waals surface area contributed by atoms with Crippen LogP contribution in [-0.2, 0) is 0 Å². The maximum atomic E-state index is 6.61. The van der Waals surface area contributed by atoms with Gasteiger partial charge in [-0.3, -0.25) is 0 Å². The minimum atomic E-state index is 0.579. The Labute approximate surface area is 322 Å². The summed E-state index contributed by atoms with van der Waals surface area (Å²) in [6, 6.07) is 64.5. The molecule has 5 heteroatoms. The van der Waals surface area contributed by atoms with Gasteiger partial charge in [0.2, 0.25) is 0 Å². The van der Waals surface area contributed by atoms with Crippen LogP contribution in [0.4, 0.5) is 0 Å². The SMILES string of the molecule is c1ccc(-c2ccc(-c3nc(-c4ccccc4)nc(-c4ccc5c(c4)oc4ccc(-c6ccc(-c7ccccc7)c7c6oc6ccccc67)cc45)n3)cc2)cc1. The second-order valence-electron chi connectivity index (χ2n) is 14.0. The van der Waals surface area contributed by atoms with E-state index in [9.17, 15) is 0 Å². The highest BCUT2D eigenvalue weighted by molar-refractivity contribution is 6.17. The Morgan fingerprint density at radius 3 is 1.54 bits per heavy atom. The predicted molar refractivity (Wildman–Crippen MR) is 227 cm³/mol. The molecule has 5 nitrogen and oxygen atoms in total. The van der Waals surface area contributed by atoms with E-state index >= 15 is 0 Å². The zero-order chi connectivity index (χ0) is 37.0. The lowest BCUT2D eigenvalue weighted by atomic mass is 9.94. The van der Waals surface area contributed by atoms with E-state index in [0.29, 0.717) is 17.5 Å². The lowest BCUT2D eigenvalue weighted by Crippen LogP contribution is -2.00. The second-order valence-corrected chi connectivity index (χ2v) is 14.0. The third-order valence-electron chi connectivity index (χ3n) is 10.6. The number of aromatic nitrogens is 3. The van der Waals surface area contributed by atoms with E-state index in [1.165, 1.54) is 0 Å². The van der Waals surface area contributed by atoms with E-state index in [4.69, 9.17) is 23.8 Å². The van der Waals surface area contributed by atoms with Crippen molar-refractivity contribution in [3.05, 3.63) is 188 Å². The smallest absolute Gasteiger partial charge is 0.164 e. The van der Waals surface area contributed by atoms with E-state index in [1.54, 1.807) is 0 Å². The molecule has 0 saturated carbocycles. The molecule has 0 atom stereocenters. The fraction of sp³-hybridized carbons (Fsp3) is 0. The summed E-state index contributed by atoms with van der Waals surface area (Å²) in [7, 11) is 0. The molecule has 11 aromatic rings. The molecule has 0 N–H and O–H groups in total. The van der Waals surface area contributed by atoms with Crippen molar-refractivity contribution >= 4 is 43.9 Å². The highest BCUT2D eigenvalue weighted by Crippen LogP contribution is 2.43. The van der Waals surface area contributed by atoms with Crippen LogP contribution in [-0.4, -0.2) is 15.0 Å². The summed E-state index contributed by atoms with van der Waals surface area (Å²) in [4.78, 5) is 14.9. The molecule has 0 saturated heterocycles. The first-order valence-electron chi connectivity index (χ1n) is 18.7. The predicted octanol–water partition coefficient (Wildman–Crippen LogP) is 13.7. The van der Waals surface area contributed by atoms with Gasteiger partial charge in [-0.25, -0.2) is 15.0 Å². The maximum Gasteiger partial charge on any atom is 0.164 e. The van der Waals surface area contributed by atoms with Gasteiger partial charge >= 0.3 is 0 Å². The summed E-state index contributed by atoms with van der Waals surface area (Å²) >= 11 is 0. The average molecular weight is 718 g/mol. The molecular formula is C51H31N3O2. The van der Waals surface area contributed by atoms with E-state index in [2.05, 4.69) is 127 Å². The van der Waals surface area contributed by atoms with Crippen molar-refractivity contribution in [1.82, 2.24) is 15.0 Å². The molecule has 0 spiro atoms. The number of benzene rings is 8. The van der Waals surface area contributed by atoms with Crippen LogP contribution in [0.15, 0.2) is 197 Å². The third kappa shape index (κ3) is 5.45. The minimum Gasteiger partial charge on any atom is -0.456 e. The monoisotopic (exact) mass is 717 g/mol. The Hall–Kier alpha value is -7.63. The van der Waals surface area contributed by atoms with E-state index < -0.39 is 0 Å². The molecular weight excluding hydrogens is 687 g/mol. The molecule has 0 fully saturated rings. The van der Waals surface area contributed by atoms with Crippen molar-refractivity contribution in [2.75, 3.05) is 0 Å². The van der Waals surface area contributed by atoms with Gasteiger partial charge < -0.3 is 8.83 Å². The first kappa shape index (κ1) is 31.9. The van der Waals surface area contributed by atoms with Crippen molar-refractivity contribution in [3.8, 4) is 67.5 Å². The molecule has 0 amide bonds. The first-order chi connectivity index (χ1) is 27.7. The molecule has 11 rings (SSSR count). The van der Waals surface area contributed by atoms with Gasteiger partial charge in [-0.2, -0.15) is 0 Å². The largest absolute Gasteiger partial charge is 0.456 e.